The molecular weight excluding hydrogens is 853 g/mol. The van der Waals surface area contributed by atoms with Gasteiger partial charge in [-0.25, -0.2) is 15.0 Å². The molecule has 0 saturated carbocycles. The van der Waals surface area contributed by atoms with E-state index in [-0.39, 0.29) is 0 Å². The zero-order valence-electron chi connectivity index (χ0n) is 38.1. The van der Waals surface area contributed by atoms with Crippen molar-refractivity contribution >= 4 is 43.7 Å². The summed E-state index contributed by atoms with van der Waals surface area (Å²) in [4.78, 5) is 15.6. The molecule has 0 saturated heterocycles. The lowest BCUT2D eigenvalue weighted by Gasteiger charge is -2.21. The topological polar surface area (TPSA) is 56.7 Å². The van der Waals surface area contributed by atoms with Crippen LogP contribution in [-0.2, 0) is 12.8 Å². The highest BCUT2D eigenvalue weighted by Crippen LogP contribution is 2.43. The molecule has 5 nitrogen and oxygen atoms in total. The van der Waals surface area contributed by atoms with Gasteiger partial charge in [0.05, 0.1) is 11.0 Å². The molecule has 1 aliphatic carbocycles. The van der Waals surface area contributed by atoms with Crippen molar-refractivity contribution in [1.82, 2.24) is 19.5 Å². The van der Waals surface area contributed by atoms with Crippen molar-refractivity contribution in [3.05, 3.63) is 253 Å². The summed E-state index contributed by atoms with van der Waals surface area (Å²) in [6, 6.07) is 82.3. The zero-order chi connectivity index (χ0) is 46.1. The number of hydrogen-bond donors (Lipinski definition) is 0. The summed E-state index contributed by atoms with van der Waals surface area (Å²) in [7, 11) is 0. The van der Waals surface area contributed by atoms with Crippen molar-refractivity contribution in [2.75, 3.05) is 0 Å². The molecule has 0 spiro atoms. The van der Waals surface area contributed by atoms with E-state index >= 15 is 0 Å². The molecule has 0 amide bonds. The lowest BCUT2D eigenvalue weighted by Crippen LogP contribution is -2.03. The molecule has 3 heterocycles. The van der Waals surface area contributed by atoms with Crippen molar-refractivity contribution in [1.29, 1.82) is 0 Å². The van der Waals surface area contributed by atoms with Crippen LogP contribution in [0, 0.1) is 0 Å². The van der Waals surface area contributed by atoms with E-state index in [0.29, 0.717) is 17.5 Å². The molecule has 1 aliphatic rings. The standard InChI is InChI=1S/C65H42N4O/c1-3-17-41(18-4-1)53-30-16-31-56-55-34-33-47(39-61(55)70-62(53)56)65-67-63(42-19-5-2-6-20-42)66-64(68-65)46-24-15-25-49(37-46)69-59-32-14-13-29-54(59)58-38-48-36-45-23-8-11-27-51(45)50-26-10-7-21-43(50)35-44-22-9-12-28-52(44)57(48)40-60(58)69/h1-34,37-40H,35-36H2. The van der Waals surface area contributed by atoms with Gasteiger partial charge in [-0.05, 0) is 105 Å². The van der Waals surface area contributed by atoms with E-state index in [2.05, 4.69) is 211 Å². The van der Waals surface area contributed by atoms with Gasteiger partial charge in [0.1, 0.15) is 11.2 Å². The van der Waals surface area contributed by atoms with Gasteiger partial charge in [0, 0.05) is 49.5 Å². The number of rotatable bonds is 5. The predicted molar refractivity (Wildman–Crippen MR) is 286 cm³/mol. The number of hydrogen-bond acceptors (Lipinski definition) is 4. The molecule has 14 rings (SSSR count). The lowest BCUT2D eigenvalue weighted by molar-refractivity contribution is 0.670. The minimum absolute atomic E-state index is 0.574. The molecule has 0 N–H and O–H groups in total. The van der Waals surface area contributed by atoms with Crippen molar-refractivity contribution in [2.24, 2.45) is 0 Å². The van der Waals surface area contributed by atoms with Crippen LogP contribution in [0.2, 0.25) is 0 Å². The fourth-order valence-electron chi connectivity index (χ4n) is 10.9. The highest BCUT2D eigenvalue weighted by molar-refractivity contribution is 6.12. The summed E-state index contributed by atoms with van der Waals surface area (Å²) in [5.74, 6) is 1.77. The Kier molecular flexibility index (Phi) is 9.27. The van der Waals surface area contributed by atoms with Gasteiger partial charge in [-0.1, -0.05) is 188 Å². The first kappa shape index (κ1) is 39.9. The first-order valence-electron chi connectivity index (χ1n) is 23.9. The molecule has 5 heteroatoms. The predicted octanol–water partition coefficient (Wildman–Crippen LogP) is 16.4. The van der Waals surface area contributed by atoms with Crippen molar-refractivity contribution in [3.63, 3.8) is 0 Å². The van der Waals surface area contributed by atoms with E-state index in [1.54, 1.807) is 0 Å². The number of fused-ring (bicyclic) bond motifs is 12. The average Bonchev–Trinajstić information content (AvgIpc) is 3.96. The second-order valence-corrected chi connectivity index (χ2v) is 18.3. The largest absolute Gasteiger partial charge is 0.455 e. The summed E-state index contributed by atoms with van der Waals surface area (Å²) >= 11 is 0. The van der Waals surface area contributed by atoms with E-state index in [9.17, 15) is 0 Å². The van der Waals surface area contributed by atoms with Crippen LogP contribution in [0.3, 0.4) is 0 Å². The van der Waals surface area contributed by atoms with Crippen LogP contribution in [0.15, 0.2) is 235 Å². The average molecular weight is 895 g/mol. The van der Waals surface area contributed by atoms with Crippen molar-refractivity contribution < 1.29 is 4.42 Å². The van der Waals surface area contributed by atoms with E-state index in [1.807, 2.05) is 24.3 Å². The maximum absolute atomic E-state index is 6.69. The first-order valence-corrected chi connectivity index (χ1v) is 23.9. The van der Waals surface area contributed by atoms with Crippen LogP contribution in [0.4, 0.5) is 0 Å². The van der Waals surface area contributed by atoms with Gasteiger partial charge in [-0.3, -0.25) is 0 Å². The second kappa shape index (κ2) is 16.3. The summed E-state index contributed by atoms with van der Waals surface area (Å²) in [5, 5.41) is 4.55. The molecular formula is C65H42N4O. The van der Waals surface area contributed by atoms with Gasteiger partial charge in [0.15, 0.2) is 17.5 Å². The van der Waals surface area contributed by atoms with Gasteiger partial charge >= 0.3 is 0 Å². The Balaban J connectivity index is 0.935. The Morgan fingerprint density at radius 3 is 1.56 bits per heavy atom. The zero-order valence-corrected chi connectivity index (χ0v) is 38.1. The molecule has 3 aromatic heterocycles. The molecule has 0 fully saturated rings. The third-order valence-electron chi connectivity index (χ3n) is 14.2. The molecule has 0 aliphatic heterocycles. The lowest BCUT2D eigenvalue weighted by atomic mass is 9.83. The van der Waals surface area contributed by atoms with Gasteiger partial charge in [0.25, 0.3) is 0 Å². The molecule has 70 heavy (non-hydrogen) atoms. The van der Waals surface area contributed by atoms with E-state index in [4.69, 9.17) is 19.4 Å². The summed E-state index contributed by atoms with van der Waals surface area (Å²) in [5.41, 5.74) is 20.2. The number of nitrogens with zero attached hydrogens (tertiary/aromatic N) is 4. The second-order valence-electron chi connectivity index (χ2n) is 18.3. The number of benzene rings is 10. The van der Waals surface area contributed by atoms with Crippen LogP contribution in [0.1, 0.15) is 22.3 Å². The number of aromatic nitrogens is 4. The fraction of sp³-hybridized carbons (Fsp3) is 0.0308. The van der Waals surface area contributed by atoms with Crippen LogP contribution < -0.4 is 0 Å². The summed E-state index contributed by atoms with van der Waals surface area (Å²) in [6.07, 6.45) is 1.64. The van der Waals surface area contributed by atoms with Crippen LogP contribution in [0.25, 0.3) is 117 Å². The SMILES string of the molecule is c1ccc(-c2nc(-c3cccc(-n4c5ccccc5c5cc6c(cc54)-c4ccccc4Cc4ccccc4-c4ccccc4C6)c3)nc(-c3ccc4c(c3)oc3c(-c5ccccc5)cccc34)n2)cc1. The molecule has 0 bridgehead atoms. The minimum Gasteiger partial charge on any atom is -0.455 e. The van der Waals surface area contributed by atoms with E-state index < -0.39 is 0 Å². The van der Waals surface area contributed by atoms with Crippen molar-refractivity contribution in [2.45, 2.75) is 12.8 Å². The van der Waals surface area contributed by atoms with Gasteiger partial charge in [0.2, 0.25) is 0 Å². The van der Waals surface area contributed by atoms with Crippen LogP contribution in [-0.4, -0.2) is 19.5 Å². The van der Waals surface area contributed by atoms with E-state index in [0.717, 1.165) is 79.3 Å². The molecule has 0 unspecified atom stereocenters. The molecule has 0 radical (unpaired) electrons. The fourth-order valence-corrected chi connectivity index (χ4v) is 10.9. The monoisotopic (exact) mass is 894 g/mol. The van der Waals surface area contributed by atoms with E-state index in [1.165, 1.54) is 55.3 Å². The van der Waals surface area contributed by atoms with Crippen molar-refractivity contribution in [3.8, 4) is 73.2 Å². The van der Waals surface area contributed by atoms with Gasteiger partial charge < -0.3 is 8.98 Å². The number of furan rings is 1. The first-order chi connectivity index (χ1) is 34.7. The quantitative estimate of drug-likeness (QED) is 0.173. The van der Waals surface area contributed by atoms with Crippen LogP contribution in [0.5, 0.6) is 0 Å². The van der Waals surface area contributed by atoms with Gasteiger partial charge in [-0.15, -0.1) is 0 Å². The summed E-state index contributed by atoms with van der Waals surface area (Å²) in [6.45, 7) is 0. The Morgan fingerprint density at radius 2 is 0.843 bits per heavy atom. The number of para-hydroxylation sites is 2. The normalized spacial score (nSPS) is 12.2. The Hall–Kier alpha value is -9.19. The molecule has 0 atom stereocenters. The summed E-state index contributed by atoms with van der Waals surface area (Å²) < 4.78 is 9.11. The third-order valence-corrected chi connectivity index (χ3v) is 14.2. The Labute approximate surface area is 404 Å². The third kappa shape index (κ3) is 6.66. The highest BCUT2D eigenvalue weighted by atomic mass is 16.3. The molecule has 328 valence electrons. The van der Waals surface area contributed by atoms with Gasteiger partial charge in [-0.2, -0.15) is 0 Å². The maximum atomic E-state index is 6.69. The maximum Gasteiger partial charge on any atom is 0.164 e. The molecule has 10 aromatic carbocycles. The van der Waals surface area contributed by atoms with Crippen LogP contribution >= 0.6 is 0 Å². The Bertz CT molecular complexity index is 4190. The highest BCUT2D eigenvalue weighted by Gasteiger charge is 2.23. The Morgan fingerprint density at radius 1 is 0.314 bits per heavy atom. The minimum atomic E-state index is 0.574. The molecule has 13 aromatic rings. The smallest absolute Gasteiger partial charge is 0.164 e.